The molecule has 2 amide bonds. The van der Waals surface area contributed by atoms with E-state index in [9.17, 15) is 9.59 Å². The predicted octanol–water partition coefficient (Wildman–Crippen LogP) is 4.25. The highest BCUT2D eigenvalue weighted by molar-refractivity contribution is 7.99. The van der Waals surface area contributed by atoms with Crippen molar-refractivity contribution in [3.63, 3.8) is 0 Å². The second kappa shape index (κ2) is 9.36. The molecule has 158 valence electrons. The Morgan fingerprint density at radius 3 is 2.71 bits per heavy atom. The lowest BCUT2D eigenvalue weighted by Crippen LogP contribution is -2.46. The number of ether oxygens (including phenoxy) is 1. The molecule has 0 saturated carbocycles. The molecule has 2 N–H and O–H groups in total. The van der Waals surface area contributed by atoms with Crippen molar-refractivity contribution in [1.82, 2.24) is 20.6 Å². The number of urea groups is 1. The van der Waals surface area contributed by atoms with Crippen molar-refractivity contribution in [1.29, 1.82) is 0 Å². The summed E-state index contributed by atoms with van der Waals surface area (Å²) in [5.74, 6) is -0.162. The Kier molecular flexibility index (Phi) is 6.39. The highest BCUT2D eigenvalue weighted by atomic mass is 35.5. The number of nitrogens with zero attached hydrogens (tertiary/aromatic N) is 2. The van der Waals surface area contributed by atoms with Gasteiger partial charge in [0.05, 0.1) is 23.7 Å². The Labute approximate surface area is 188 Å². The lowest BCUT2D eigenvalue weighted by atomic mass is 9.95. The van der Waals surface area contributed by atoms with Gasteiger partial charge in [0.1, 0.15) is 11.4 Å². The maximum Gasteiger partial charge on any atom is 0.338 e. The average Bonchev–Trinajstić information content (AvgIpc) is 2.78. The van der Waals surface area contributed by atoms with Crippen LogP contribution in [0.4, 0.5) is 4.79 Å². The molecule has 31 heavy (non-hydrogen) atoms. The van der Waals surface area contributed by atoms with Crippen LogP contribution < -0.4 is 10.6 Å². The van der Waals surface area contributed by atoms with E-state index < -0.39 is 18.0 Å². The Bertz CT molecular complexity index is 1160. The number of benzene rings is 2. The van der Waals surface area contributed by atoms with Crippen molar-refractivity contribution >= 4 is 46.3 Å². The summed E-state index contributed by atoms with van der Waals surface area (Å²) in [4.78, 5) is 33.9. The molecule has 0 saturated heterocycles. The van der Waals surface area contributed by atoms with E-state index in [-0.39, 0.29) is 6.61 Å². The van der Waals surface area contributed by atoms with Crippen LogP contribution in [0.25, 0.3) is 10.9 Å². The van der Waals surface area contributed by atoms with E-state index >= 15 is 0 Å². The topological polar surface area (TPSA) is 93.2 Å². The standard InChI is InChI=1S/C22H19ClN4O3S/c1-2-30-21(28)18-17(11-31-20-15-5-3-4-6-16(15)24-12-25-20)26-22(29)27-19(18)13-7-9-14(23)10-8-13/h3-10,12,19H,2,11H2,1H3,(H2,26,27,29). The molecule has 7 nitrogen and oxygen atoms in total. The van der Waals surface area contributed by atoms with E-state index in [0.717, 1.165) is 21.5 Å². The van der Waals surface area contributed by atoms with Crippen LogP contribution in [0, 0.1) is 0 Å². The summed E-state index contributed by atoms with van der Waals surface area (Å²) >= 11 is 7.42. The number of thioether (sulfide) groups is 1. The molecule has 0 bridgehead atoms. The monoisotopic (exact) mass is 454 g/mol. The van der Waals surface area contributed by atoms with E-state index in [0.29, 0.717) is 22.0 Å². The third-order valence-corrected chi connectivity index (χ3v) is 6.00. The van der Waals surface area contributed by atoms with E-state index in [2.05, 4.69) is 20.6 Å². The van der Waals surface area contributed by atoms with E-state index in [1.807, 2.05) is 24.3 Å². The third-order valence-electron chi connectivity index (χ3n) is 4.71. The van der Waals surface area contributed by atoms with Gasteiger partial charge in [0.15, 0.2) is 0 Å². The van der Waals surface area contributed by atoms with Gasteiger partial charge in [0.2, 0.25) is 0 Å². The van der Waals surface area contributed by atoms with E-state index in [1.54, 1.807) is 31.2 Å². The van der Waals surface area contributed by atoms with Crippen molar-refractivity contribution < 1.29 is 14.3 Å². The van der Waals surface area contributed by atoms with Crippen molar-refractivity contribution in [3.8, 4) is 0 Å². The van der Waals surface area contributed by atoms with Crippen LogP contribution in [-0.2, 0) is 9.53 Å². The maximum absolute atomic E-state index is 12.9. The molecule has 0 fully saturated rings. The zero-order valence-corrected chi connectivity index (χ0v) is 18.2. The summed E-state index contributed by atoms with van der Waals surface area (Å²) in [6, 6.07) is 13.6. The molecule has 1 unspecified atom stereocenters. The Morgan fingerprint density at radius 1 is 1.16 bits per heavy atom. The van der Waals surface area contributed by atoms with Gasteiger partial charge < -0.3 is 15.4 Å². The van der Waals surface area contributed by atoms with Crippen molar-refractivity contribution in [3.05, 3.63) is 76.7 Å². The number of hydrogen-bond donors (Lipinski definition) is 2. The van der Waals surface area contributed by atoms with Crippen molar-refractivity contribution in [2.24, 2.45) is 0 Å². The minimum Gasteiger partial charge on any atom is -0.463 e. The molecular weight excluding hydrogens is 436 g/mol. The van der Waals surface area contributed by atoms with Crippen LogP contribution in [0.15, 0.2) is 71.2 Å². The first kappa shape index (κ1) is 21.1. The molecule has 9 heteroatoms. The van der Waals surface area contributed by atoms with Crippen LogP contribution in [-0.4, -0.2) is 34.3 Å². The number of aromatic nitrogens is 2. The number of rotatable bonds is 6. The third kappa shape index (κ3) is 4.65. The predicted molar refractivity (Wildman–Crippen MR) is 120 cm³/mol. The summed E-state index contributed by atoms with van der Waals surface area (Å²) in [5.41, 5.74) is 2.40. The van der Waals surface area contributed by atoms with Gasteiger partial charge in [-0.2, -0.15) is 0 Å². The first-order valence-electron chi connectivity index (χ1n) is 9.62. The summed E-state index contributed by atoms with van der Waals surface area (Å²) in [5, 5.41) is 7.82. The summed E-state index contributed by atoms with van der Waals surface area (Å²) < 4.78 is 5.30. The highest BCUT2D eigenvalue weighted by Crippen LogP contribution is 2.32. The number of hydrogen-bond acceptors (Lipinski definition) is 6. The normalized spacial score (nSPS) is 16.1. The SMILES string of the molecule is CCOC(=O)C1=C(CSc2ncnc3ccccc23)NC(=O)NC1c1ccc(Cl)cc1. The van der Waals surface area contributed by atoms with Crippen LogP contribution in [0.3, 0.4) is 0 Å². The maximum atomic E-state index is 12.9. The van der Waals surface area contributed by atoms with E-state index in [1.165, 1.54) is 18.1 Å². The summed E-state index contributed by atoms with van der Waals surface area (Å²) in [6.07, 6.45) is 1.50. The Balaban J connectivity index is 1.71. The quantitative estimate of drug-likeness (QED) is 0.328. The average molecular weight is 455 g/mol. The molecule has 1 atom stereocenters. The molecule has 2 aromatic carbocycles. The van der Waals surface area contributed by atoms with Crippen molar-refractivity contribution in [2.75, 3.05) is 12.4 Å². The highest BCUT2D eigenvalue weighted by Gasteiger charge is 2.33. The molecule has 2 heterocycles. The second-order valence-corrected chi connectivity index (χ2v) is 8.08. The van der Waals surface area contributed by atoms with Crippen LogP contribution in [0.1, 0.15) is 18.5 Å². The van der Waals surface area contributed by atoms with Crippen molar-refractivity contribution in [2.45, 2.75) is 18.0 Å². The fourth-order valence-corrected chi connectivity index (χ4v) is 4.41. The fourth-order valence-electron chi connectivity index (χ4n) is 3.32. The summed E-state index contributed by atoms with van der Waals surface area (Å²) in [7, 11) is 0. The molecule has 0 radical (unpaired) electrons. The number of amides is 2. The number of carbonyl (C=O) groups is 2. The Hall–Kier alpha value is -3.10. The second-order valence-electron chi connectivity index (χ2n) is 6.68. The van der Waals surface area contributed by atoms with Gasteiger partial charge in [-0.05, 0) is 30.7 Å². The lowest BCUT2D eigenvalue weighted by Gasteiger charge is -2.29. The molecule has 4 rings (SSSR count). The van der Waals surface area contributed by atoms with Crippen LogP contribution >= 0.6 is 23.4 Å². The number of halogens is 1. The molecule has 1 aliphatic heterocycles. The van der Waals surface area contributed by atoms with Gasteiger partial charge in [0.25, 0.3) is 0 Å². The molecule has 3 aromatic rings. The molecule has 0 aliphatic carbocycles. The number of para-hydroxylation sites is 1. The van der Waals surface area contributed by atoms with Gasteiger partial charge in [-0.3, -0.25) is 0 Å². The minimum atomic E-state index is -0.650. The van der Waals surface area contributed by atoms with Crippen LogP contribution in [0.2, 0.25) is 5.02 Å². The van der Waals surface area contributed by atoms with Gasteiger partial charge >= 0.3 is 12.0 Å². The van der Waals surface area contributed by atoms with Gasteiger partial charge in [0, 0.05) is 21.9 Å². The zero-order valence-electron chi connectivity index (χ0n) is 16.6. The van der Waals surface area contributed by atoms with E-state index in [4.69, 9.17) is 16.3 Å². The molecular formula is C22H19ClN4O3S. The first-order chi connectivity index (χ1) is 15.1. The van der Waals surface area contributed by atoms with Gasteiger partial charge in [-0.15, -0.1) is 0 Å². The number of fused-ring (bicyclic) bond motifs is 1. The molecule has 1 aliphatic rings. The smallest absolute Gasteiger partial charge is 0.338 e. The number of nitrogens with one attached hydrogen (secondary N) is 2. The van der Waals surface area contributed by atoms with Crippen LogP contribution in [0.5, 0.6) is 0 Å². The molecule has 0 spiro atoms. The minimum absolute atomic E-state index is 0.223. The number of esters is 1. The Morgan fingerprint density at radius 2 is 1.94 bits per heavy atom. The van der Waals surface area contributed by atoms with Gasteiger partial charge in [-0.1, -0.05) is 53.7 Å². The molecule has 1 aromatic heterocycles. The largest absolute Gasteiger partial charge is 0.463 e. The number of carbonyl (C=O) groups excluding carboxylic acids is 2. The zero-order chi connectivity index (χ0) is 21.8. The van der Waals surface area contributed by atoms with Gasteiger partial charge in [-0.25, -0.2) is 19.6 Å². The first-order valence-corrected chi connectivity index (χ1v) is 11.0. The fraction of sp³-hybridized carbons (Fsp3) is 0.182. The lowest BCUT2D eigenvalue weighted by molar-refractivity contribution is -0.139. The summed E-state index contributed by atoms with van der Waals surface area (Å²) in [6.45, 7) is 1.96.